The van der Waals surface area contributed by atoms with Crippen LogP contribution in [0.25, 0.3) is 11.0 Å². The number of fused-ring (bicyclic) bond motifs is 1. The van der Waals surface area contributed by atoms with Gasteiger partial charge < -0.3 is 10.3 Å². The molecule has 1 aliphatic rings. The molecule has 4 nitrogen and oxygen atoms in total. The van der Waals surface area contributed by atoms with Gasteiger partial charge in [-0.1, -0.05) is 6.42 Å². The number of aromatic amines is 1. The number of benzene rings is 1. The van der Waals surface area contributed by atoms with Gasteiger partial charge in [0.2, 0.25) is 0 Å². The summed E-state index contributed by atoms with van der Waals surface area (Å²) in [4.78, 5) is 7.26. The molecule has 1 heterocycles. The van der Waals surface area contributed by atoms with Gasteiger partial charge >= 0.3 is 0 Å². The predicted molar refractivity (Wildman–Crippen MR) is 66.5 cm³/mol. The molecule has 0 atom stereocenters. The molecule has 0 unspecified atom stereocenters. The zero-order valence-corrected chi connectivity index (χ0v) is 9.53. The minimum atomic E-state index is -0.136. The fourth-order valence-corrected chi connectivity index (χ4v) is 2.25. The Labute approximate surface area is 99.7 Å². The molecular formula is C13H14N4. The zero-order chi connectivity index (χ0) is 11.7. The number of imidazole rings is 1. The van der Waals surface area contributed by atoms with Crippen molar-refractivity contribution in [2.24, 2.45) is 5.41 Å². The van der Waals surface area contributed by atoms with Crippen molar-refractivity contribution in [2.45, 2.75) is 19.3 Å². The van der Waals surface area contributed by atoms with Crippen LogP contribution >= 0.6 is 0 Å². The standard InChI is InChI=1S/C13H14N4/c14-7-13(4-1-5-13)8-15-10-2-3-11-12(6-10)17-9-16-11/h2-3,6,9,15H,1,4-5,8H2,(H,16,17). The minimum absolute atomic E-state index is 0.136. The highest BCUT2D eigenvalue weighted by atomic mass is 14.9. The van der Waals surface area contributed by atoms with E-state index in [2.05, 4.69) is 21.4 Å². The number of nitrogens with one attached hydrogen (secondary N) is 2. The van der Waals surface area contributed by atoms with Crippen molar-refractivity contribution in [2.75, 3.05) is 11.9 Å². The Hall–Kier alpha value is -2.02. The fourth-order valence-electron chi connectivity index (χ4n) is 2.25. The first-order valence-electron chi connectivity index (χ1n) is 5.90. The number of hydrogen-bond donors (Lipinski definition) is 2. The average Bonchev–Trinajstić information content (AvgIpc) is 2.75. The summed E-state index contributed by atoms with van der Waals surface area (Å²) in [5.74, 6) is 0. The molecule has 1 aromatic heterocycles. The maximum atomic E-state index is 9.15. The van der Waals surface area contributed by atoms with E-state index < -0.39 is 0 Å². The zero-order valence-electron chi connectivity index (χ0n) is 9.53. The Kier molecular flexibility index (Phi) is 2.25. The third kappa shape index (κ3) is 1.74. The van der Waals surface area contributed by atoms with Crippen LogP contribution in [-0.4, -0.2) is 16.5 Å². The van der Waals surface area contributed by atoms with Crippen molar-refractivity contribution in [1.82, 2.24) is 9.97 Å². The second-order valence-electron chi connectivity index (χ2n) is 4.73. The molecule has 86 valence electrons. The monoisotopic (exact) mass is 226 g/mol. The maximum absolute atomic E-state index is 9.15. The molecule has 17 heavy (non-hydrogen) atoms. The summed E-state index contributed by atoms with van der Waals surface area (Å²) in [7, 11) is 0. The Morgan fingerprint density at radius 3 is 3.06 bits per heavy atom. The molecule has 2 N–H and O–H groups in total. The molecule has 0 saturated heterocycles. The largest absolute Gasteiger partial charge is 0.383 e. The second-order valence-corrected chi connectivity index (χ2v) is 4.73. The lowest BCUT2D eigenvalue weighted by molar-refractivity contribution is 0.233. The summed E-state index contributed by atoms with van der Waals surface area (Å²) in [5.41, 5.74) is 2.90. The van der Waals surface area contributed by atoms with Crippen LogP contribution in [0, 0.1) is 16.7 Å². The minimum Gasteiger partial charge on any atom is -0.383 e. The lowest BCUT2D eigenvalue weighted by Gasteiger charge is -2.35. The van der Waals surface area contributed by atoms with Gasteiger partial charge in [0.05, 0.1) is 28.8 Å². The van der Waals surface area contributed by atoms with E-state index in [-0.39, 0.29) is 5.41 Å². The topological polar surface area (TPSA) is 64.5 Å². The predicted octanol–water partition coefficient (Wildman–Crippen LogP) is 2.67. The molecule has 3 rings (SSSR count). The lowest BCUT2D eigenvalue weighted by atomic mass is 9.70. The van der Waals surface area contributed by atoms with E-state index in [1.807, 2.05) is 18.2 Å². The third-order valence-corrected chi connectivity index (χ3v) is 3.60. The number of aromatic nitrogens is 2. The highest BCUT2D eigenvalue weighted by molar-refractivity contribution is 5.78. The molecule has 0 radical (unpaired) electrons. The second kappa shape index (κ2) is 3.77. The van der Waals surface area contributed by atoms with E-state index in [1.165, 1.54) is 6.42 Å². The Morgan fingerprint density at radius 2 is 2.35 bits per heavy atom. The Bertz CT molecular complexity index is 574. The van der Waals surface area contributed by atoms with Gasteiger partial charge in [-0.15, -0.1) is 0 Å². The van der Waals surface area contributed by atoms with Crippen molar-refractivity contribution >= 4 is 16.7 Å². The van der Waals surface area contributed by atoms with E-state index >= 15 is 0 Å². The molecule has 4 heteroatoms. The van der Waals surface area contributed by atoms with Gasteiger partial charge in [-0.3, -0.25) is 0 Å². The number of hydrogen-bond acceptors (Lipinski definition) is 3. The van der Waals surface area contributed by atoms with Crippen LogP contribution in [0.1, 0.15) is 19.3 Å². The molecule has 1 fully saturated rings. The van der Waals surface area contributed by atoms with Crippen molar-refractivity contribution in [3.63, 3.8) is 0 Å². The van der Waals surface area contributed by atoms with Crippen LogP contribution < -0.4 is 5.32 Å². The number of nitrogens with zero attached hydrogens (tertiary/aromatic N) is 2. The molecule has 0 bridgehead atoms. The Morgan fingerprint density at radius 1 is 1.47 bits per heavy atom. The average molecular weight is 226 g/mol. The van der Waals surface area contributed by atoms with Gasteiger partial charge in [0.15, 0.2) is 0 Å². The first kappa shape index (κ1) is 10.2. The maximum Gasteiger partial charge on any atom is 0.0931 e. The number of anilines is 1. The van der Waals surface area contributed by atoms with Gasteiger partial charge in [0.25, 0.3) is 0 Å². The van der Waals surface area contributed by atoms with Gasteiger partial charge in [-0.25, -0.2) is 4.98 Å². The summed E-state index contributed by atoms with van der Waals surface area (Å²) in [5, 5.41) is 12.5. The smallest absolute Gasteiger partial charge is 0.0931 e. The van der Waals surface area contributed by atoms with Crippen LogP contribution in [0.3, 0.4) is 0 Å². The van der Waals surface area contributed by atoms with E-state index in [0.29, 0.717) is 0 Å². The summed E-state index contributed by atoms with van der Waals surface area (Å²) in [6, 6.07) is 8.46. The first-order chi connectivity index (χ1) is 8.31. The highest BCUT2D eigenvalue weighted by Crippen LogP contribution is 2.40. The van der Waals surface area contributed by atoms with Crippen LogP contribution in [0.5, 0.6) is 0 Å². The van der Waals surface area contributed by atoms with Crippen molar-refractivity contribution in [3.8, 4) is 6.07 Å². The lowest BCUT2D eigenvalue weighted by Crippen LogP contribution is -2.34. The molecule has 1 aromatic carbocycles. The highest BCUT2D eigenvalue weighted by Gasteiger charge is 2.36. The summed E-state index contributed by atoms with van der Waals surface area (Å²) >= 11 is 0. The molecule has 0 aliphatic heterocycles. The summed E-state index contributed by atoms with van der Waals surface area (Å²) in [6.07, 6.45) is 4.90. The summed E-state index contributed by atoms with van der Waals surface area (Å²) < 4.78 is 0. The molecule has 0 amide bonds. The molecule has 2 aromatic rings. The SMILES string of the molecule is N#CC1(CNc2ccc3nc[nH]c3c2)CCC1. The van der Waals surface area contributed by atoms with E-state index in [9.17, 15) is 0 Å². The number of nitriles is 1. The van der Waals surface area contributed by atoms with Crippen LogP contribution in [0.4, 0.5) is 5.69 Å². The molecule has 0 spiro atoms. The number of rotatable bonds is 3. The van der Waals surface area contributed by atoms with Crippen LogP contribution in [0.2, 0.25) is 0 Å². The van der Waals surface area contributed by atoms with Gasteiger partial charge in [-0.2, -0.15) is 5.26 Å². The third-order valence-electron chi connectivity index (χ3n) is 3.60. The van der Waals surface area contributed by atoms with Crippen LogP contribution in [0.15, 0.2) is 24.5 Å². The molecule has 1 aliphatic carbocycles. The van der Waals surface area contributed by atoms with Gasteiger partial charge in [0, 0.05) is 12.2 Å². The van der Waals surface area contributed by atoms with Gasteiger partial charge in [0.1, 0.15) is 0 Å². The normalized spacial score (nSPS) is 17.4. The van der Waals surface area contributed by atoms with Crippen molar-refractivity contribution in [1.29, 1.82) is 5.26 Å². The van der Waals surface area contributed by atoms with Crippen molar-refractivity contribution in [3.05, 3.63) is 24.5 Å². The molecule has 1 saturated carbocycles. The van der Waals surface area contributed by atoms with Crippen LogP contribution in [-0.2, 0) is 0 Å². The van der Waals surface area contributed by atoms with E-state index in [0.717, 1.165) is 36.1 Å². The fraction of sp³-hybridized carbons (Fsp3) is 0.385. The van der Waals surface area contributed by atoms with E-state index in [4.69, 9.17) is 5.26 Å². The van der Waals surface area contributed by atoms with Crippen molar-refractivity contribution < 1.29 is 0 Å². The Balaban J connectivity index is 1.74. The number of H-pyrrole nitrogens is 1. The summed E-state index contributed by atoms with van der Waals surface area (Å²) in [6.45, 7) is 0.739. The first-order valence-corrected chi connectivity index (χ1v) is 5.90. The van der Waals surface area contributed by atoms with E-state index in [1.54, 1.807) is 6.33 Å². The van der Waals surface area contributed by atoms with Gasteiger partial charge in [-0.05, 0) is 31.0 Å². The molecular weight excluding hydrogens is 212 g/mol. The quantitative estimate of drug-likeness (QED) is 0.845.